The Balaban J connectivity index is 4.05. The van der Waals surface area contributed by atoms with Crippen molar-refractivity contribution in [3.05, 3.63) is 0 Å². The van der Waals surface area contributed by atoms with Crippen LogP contribution in [0.15, 0.2) is 0 Å². The van der Waals surface area contributed by atoms with Gasteiger partial charge in [-0.05, 0) is 6.42 Å². The van der Waals surface area contributed by atoms with Crippen molar-refractivity contribution in [3.8, 4) is 0 Å². The number of rotatable bonds is 5. The zero-order chi connectivity index (χ0) is 9.83. The lowest BCUT2D eigenvalue weighted by Gasteiger charge is -2.34. The summed E-state index contributed by atoms with van der Waals surface area (Å²) in [6.45, 7) is 1.38. The molecular formula is C3H7O7P2-3. The van der Waals surface area contributed by atoms with Gasteiger partial charge in [0.05, 0.1) is 14.4 Å². The van der Waals surface area contributed by atoms with Crippen LogP contribution in [0.25, 0.3) is 0 Å². The molecule has 0 radical (unpaired) electrons. The van der Waals surface area contributed by atoms with Gasteiger partial charge in [-0.1, -0.05) is 6.92 Å². The molecule has 12 heavy (non-hydrogen) atoms. The molecule has 0 bridgehead atoms. The molecule has 0 spiro atoms. The molecule has 0 aliphatic carbocycles. The Hall–Kier alpha value is 0.260. The minimum atomic E-state index is -5.53. The molecule has 0 saturated carbocycles. The molecule has 0 aromatic carbocycles. The summed E-state index contributed by atoms with van der Waals surface area (Å²) in [5.41, 5.74) is 0. The first-order chi connectivity index (χ1) is 5.27. The highest BCUT2D eigenvalue weighted by atomic mass is 31.3. The van der Waals surface area contributed by atoms with Crippen molar-refractivity contribution in [3.63, 3.8) is 0 Å². The van der Waals surface area contributed by atoms with E-state index in [4.69, 9.17) is 0 Å². The van der Waals surface area contributed by atoms with Crippen molar-refractivity contribution in [1.29, 1.82) is 0 Å². The Morgan fingerprint density at radius 1 is 1.25 bits per heavy atom. The van der Waals surface area contributed by atoms with E-state index < -0.39 is 15.6 Å². The van der Waals surface area contributed by atoms with E-state index in [9.17, 15) is 23.8 Å². The molecule has 0 aliphatic rings. The third kappa shape index (κ3) is 6.94. The lowest BCUT2D eigenvalue weighted by molar-refractivity contribution is -0.339. The predicted molar refractivity (Wildman–Crippen MR) is 32.5 cm³/mol. The molecule has 0 saturated heterocycles. The highest BCUT2D eigenvalue weighted by molar-refractivity contribution is 7.58. The summed E-state index contributed by atoms with van der Waals surface area (Å²) in [5, 5.41) is 0. The summed E-state index contributed by atoms with van der Waals surface area (Å²) in [5.74, 6) is 0. The smallest absolute Gasteiger partial charge is 0.271 e. The van der Waals surface area contributed by atoms with Crippen molar-refractivity contribution in [2.45, 2.75) is 13.3 Å². The van der Waals surface area contributed by atoms with Crippen LogP contribution in [0.4, 0.5) is 0 Å². The van der Waals surface area contributed by atoms with E-state index in [2.05, 4.69) is 8.83 Å². The zero-order valence-corrected chi connectivity index (χ0v) is 7.96. The maximum Gasteiger partial charge on any atom is 0.271 e. The summed E-state index contributed by atoms with van der Waals surface area (Å²) in [6, 6.07) is 0. The van der Waals surface area contributed by atoms with E-state index >= 15 is 0 Å². The molecule has 0 aromatic rings. The van der Waals surface area contributed by atoms with Crippen LogP contribution in [0.1, 0.15) is 13.3 Å². The highest BCUT2D eigenvalue weighted by Crippen LogP contribution is 2.50. The molecule has 7 nitrogen and oxygen atoms in total. The van der Waals surface area contributed by atoms with E-state index in [-0.39, 0.29) is 6.61 Å². The molecule has 0 aromatic heterocycles. The van der Waals surface area contributed by atoms with Gasteiger partial charge in [-0.25, -0.2) is 0 Å². The fourth-order valence-electron chi connectivity index (χ4n) is 0.349. The summed E-state index contributed by atoms with van der Waals surface area (Å²) in [4.78, 5) is 30.0. The fourth-order valence-corrected chi connectivity index (χ4v) is 1.92. The lowest BCUT2D eigenvalue weighted by atomic mass is 10.5. The number of hydrogen-bond acceptors (Lipinski definition) is 7. The van der Waals surface area contributed by atoms with Crippen molar-refractivity contribution in [2.75, 3.05) is 6.61 Å². The van der Waals surface area contributed by atoms with Crippen molar-refractivity contribution >= 4 is 15.6 Å². The largest absolute Gasteiger partial charge is 0.790 e. The molecule has 0 fully saturated rings. The Labute approximate surface area is 69.2 Å². The lowest BCUT2D eigenvalue weighted by Crippen LogP contribution is -2.19. The second kappa shape index (κ2) is 4.48. The Morgan fingerprint density at radius 3 is 2.08 bits per heavy atom. The average Bonchev–Trinajstić information content (AvgIpc) is 1.78. The second-order valence-electron chi connectivity index (χ2n) is 1.81. The van der Waals surface area contributed by atoms with Gasteiger partial charge in [0.1, 0.15) is 0 Å². The van der Waals surface area contributed by atoms with Gasteiger partial charge in [0.2, 0.25) is 0 Å². The molecule has 1 unspecified atom stereocenters. The summed E-state index contributed by atoms with van der Waals surface area (Å²) in [7, 11) is -10.5. The Morgan fingerprint density at radius 2 is 1.75 bits per heavy atom. The van der Waals surface area contributed by atoms with Crippen LogP contribution < -0.4 is 14.7 Å². The van der Waals surface area contributed by atoms with Crippen LogP contribution in [0, 0.1) is 0 Å². The predicted octanol–water partition coefficient (Wildman–Crippen LogP) is -1.27. The second-order valence-corrected chi connectivity index (χ2v) is 4.51. The summed E-state index contributed by atoms with van der Waals surface area (Å²) >= 11 is 0. The van der Waals surface area contributed by atoms with Crippen LogP contribution >= 0.6 is 15.6 Å². The first-order valence-corrected chi connectivity index (χ1v) is 5.88. The molecular weight excluding hydrogens is 210 g/mol. The zero-order valence-electron chi connectivity index (χ0n) is 6.17. The van der Waals surface area contributed by atoms with Crippen LogP contribution in [-0.2, 0) is 18.0 Å². The molecule has 74 valence electrons. The van der Waals surface area contributed by atoms with E-state index in [0.717, 1.165) is 0 Å². The molecule has 9 heteroatoms. The monoisotopic (exact) mass is 217 g/mol. The molecule has 0 rings (SSSR count). The quantitative estimate of drug-likeness (QED) is 0.525. The van der Waals surface area contributed by atoms with Gasteiger partial charge in [0.25, 0.3) is 7.82 Å². The van der Waals surface area contributed by atoms with E-state index in [1.165, 1.54) is 0 Å². The first-order valence-electron chi connectivity index (χ1n) is 2.96. The Kier molecular flexibility index (Phi) is 4.58. The van der Waals surface area contributed by atoms with Crippen LogP contribution in [0.3, 0.4) is 0 Å². The van der Waals surface area contributed by atoms with Gasteiger partial charge in [0, 0.05) is 0 Å². The highest BCUT2D eigenvalue weighted by Gasteiger charge is 2.10. The molecule has 0 amide bonds. The minimum Gasteiger partial charge on any atom is -0.790 e. The fraction of sp³-hybridized carbons (Fsp3) is 1.00. The van der Waals surface area contributed by atoms with E-state index in [0.29, 0.717) is 6.42 Å². The third-order valence-corrected chi connectivity index (χ3v) is 2.75. The van der Waals surface area contributed by atoms with Gasteiger partial charge < -0.3 is 23.8 Å². The summed E-state index contributed by atoms with van der Waals surface area (Å²) in [6.07, 6.45) is 0.359. The molecule has 0 heterocycles. The van der Waals surface area contributed by atoms with Gasteiger partial charge >= 0.3 is 0 Å². The van der Waals surface area contributed by atoms with Gasteiger partial charge in [-0.15, -0.1) is 0 Å². The van der Waals surface area contributed by atoms with Gasteiger partial charge in [0.15, 0.2) is 0 Å². The topological polar surface area (TPSA) is 122 Å². The van der Waals surface area contributed by atoms with Crippen molar-refractivity contribution < 1.29 is 32.6 Å². The van der Waals surface area contributed by atoms with Crippen molar-refractivity contribution in [1.82, 2.24) is 0 Å². The first kappa shape index (κ1) is 12.3. The number of phosphoric acid groups is 2. The molecule has 0 aliphatic heterocycles. The SMILES string of the molecule is CCCOP(=O)([O-])OP(=O)([O-])[O-]. The molecule has 0 N–H and O–H groups in total. The van der Waals surface area contributed by atoms with Gasteiger partial charge in [-0.3, -0.25) is 8.88 Å². The van der Waals surface area contributed by atoms with Crippen molar-refractivity contribution in [2.24, 2.45) is 0 Å². The summed E-state index contributed by atoms with van der Waals surface area (Å²) < 4.78 is 27.3. The Bertz CT molecular complexity index is 219. The van der Waals surface area contributed by atoms with E-state index in [1.54, 1.807) is 6.92 Å². The average molecular weight is 217 g/mol. The third-order valence-electron chi connectivity index (χ3n) is 0.654. The van der Waals surface area contributed by atoms with Crippen LogP contribution in [-0.4, -0.2) is 6.61 Å². The number of phosphoric ester groups is 1. The normalized spacial score (nSPS) is 17.3. The van der Waals surface area contributed by atoms with Crippen LogP contribution in [0.2, 0.25) is 0 Å². The van der Waals surface area contributed by atoms with Crippen LogP contribution in [0.5, 0.6) is 0 Å². The minimum absolute atomic E-state index is 0.221. The molecule has 1 atom stereocenters. The van der Waals surface area contributed by atoms with Gasteiger partial charge in [-0.2, -0.15) is 0 Å². The maximum atomic E-state index is 10.4. The maximum absolute atomic E-state index is 10.4. The standard InChI is InChI=1S/C3H10O7P2/c1-2-3-9-12(7,8)10-11(4,5)6/h2-3H2,1H3,(H,7,8)(H2,4,5,6)/p-3. The van der Waals surface area contributed by atoms with E-state index in [1.807, 2.05) is 0 Å². The number of hydrogen-bond donors (Lipinski definition) is 0.